The lowest BCUT2D eigenvalue weighted by Gasteiger charge is -2.16. The first kappa shape index (κ1) is 25.8. The number of Topliss-reactive ketones (excluding diaryl/α,β-unsaturated/α-hetero) is 1. The first-order valence-electron chi connectivity index (χ1n) is 10.5. The van der Waals surface area contributed by atoms with Crippen molar-refractivity contribution in [1.82, 2.24) is 5.32 Å². The lowest BCUT2D eigenvalue weighted by Crippen LogP contribution is -2.39. The van der Waals surface area contributed by atoms with E-state index < -0.39 is 29.7 Å². The Kier molecular flexibility index (Phi) is 10.3. The van der Waals surface area contributed by atoms with Crippen LogP contribution < -0.4 is 11.1 Å². The Morgan fingerprint density at radius 2 is 1.73 bits per heavy atom. The standard InChI is InChI=1S/C25H27ClN2O5/c1-17(28-23(30)13-9-18-7-11-21(26)12-8-18)22(29)15-20(25(27)32)10-14-24(31)33-16-19-5-3-2-4-6-19/h2-9,11-13,17,20H,10,14-16H2,1H3,(H2,27,32)(H,28,30)/b13-9+/t17?,20-/m1/s1. The molecule has 0 saturated carbocycles. The van der Waals surface area contributed by atoms with Crippen LogP contribution in [0.3, 0.4) is 0 Å². The van der Waals surface area contributed by atoms with Gasteiger partial charge in [-0.25, -0.2) is 0 Å². The minimum absolute atomic E-state index is 0.0434. The zero-order valence-corrected chi connectivity index (χ0v) is 19.1. The summed E-state index contributed by atoms with van der Waals surface area (Å²) in [5, 5.41) is 3.15. The van der Waals surface area contributed by atoms with Gasteiger partial charge in [-0.3, -0.25) is 19.2 Å². The van der Waals surface area contributed by atoms with Crippen LogP contribution in [0.2, 0.25) is 5.02 Å². The number of halogens is 1. The summed E-state index contributed by atoms with van der Waals surface area (Å²) in [4.78, 5) is 48.3. The summed E-state index contributed by atoms with van der Waals surface area (Å²) in [7, 11) is 0. The zero-order chi connectivity index (χ0) is 24.2. The van der Waals surface area contributed by atoms with Crippen molar-refractivity contribution < 1.29 is 23.9 Å². The number of amides is 2. The third kappa shape index (κ3) is 9.70. The summed E-state index contributed by atoms with van der Waals surface area (Å²) < 4.78 is 5.19. The maximum atomic E-state index is 12.5. The van der Waals surface area contributed by atoms with Gasteiger partial charge in [-0.2, -0.15) is 0 Å². The molecule has 0 aliphatic rings. The third-order valence-electron chi connectivity index (χ3n) is 4.93. The Morgan fingerprint density at radius 3 is 2.36 bits per heavy atom. The van der Waals surface area contributed by atoms with Crippen LogP contribution >= 0.6 is 11.6 Å². The van der Waals surface area contributed by atoms with Crippen molar-refractivity contribution in [3.8, 4) is 0 Å². The van der Waals surface area contributed by atoms with Crippen molar-refractivity contribution in [2.24, 2.45) is 11.7 Å². The Morgan fingerprint density at radius 1 is 1.06 bits per heavy atom. The van der Waals surface area contributed by atoms with Gasteiger partial charge in [0.05, 0.1) is 6.04 Å². The second-order valence-corrected chi connectivity index (χ2v) is 8.01. The molecule has 0 aliphatic heterocycles. The highest BCUT2D eigenvalue weighted by molar-refractivity contribution is 6.30. The third-order valence-corrected chi connectivity index (χ3v) is 5.18. The van der Waals surface area contributed by atoms with Crippen molar-refractivity contribution in [2.75, 3.05) is 0 Å². The first-order valence-corrected chi connectivity index (χ1v) is 10.9. The van der Waals surface area contributed by atoms with Gasteiger partial charge in [-0.05, 0) is 42.7 Å². The van der Waals surface area contributed by atoms with Crippen LogP contribution in [-0.4, -0.2) is 29.6 Å². The van der Waals surface area contributed by atoms with E-state index in [4.69, 9.17) is 22.1 Å². The monoisotopic (exact) mass is 470 g/mol. The normalized spacial score (nSPS) is 12.7. The fourth-order valence-electron chi connectivity index (χ4n) is 2.95. The van der Waals surface area contributed by atoms with Gasteiger partial charge < -0.3 is 15.8 Å². The molecule has 8 heteroatoms. The molecule has 2 atom stereocenters. The van der Waals surface area contributed by atoms with Crippen molar-refractivity contribution in [2.45, 2.75) is 38.8 Å². The minimum atomic E-state index is -0.828. The number of benzene rings is 2. The number of hydrogen-bond acceptors (Lipinski definition) is 5. The topological polar surface area (TPSA) is 116 Å². The summed E-state index contributed by atoms with van der Waals surface area (Å²) in [5.41, 5.74) is 7.04. The van der Waals surface area contributed by atoms with E-state index in [0.29, 0.717) is 5.02 Å². The number of ketones is 1. The highest BCUT2D eigenvalue weighted by atomic mass is 35.5. The number of carbonyl (C=O) groups is 4. The molecule has 2 aromatic rings. The molecular formula is C25H27ClN2O5. The second kappa shape index (κ2) is 13.2. The smallest absolute Gasteiger partial charge is 0.306 e. The maximum absolute atomic E-state index is 12.5. The van der Waals surface area contributed by atoms with E-state index in [1.165, 1.54) is 13.0 Å². The van der Waals surface area contributed by atoms with Crippen LogP contribution in [0, 0.1) is 5.92 Å². The first-order chi connectivity index (χ1) is 15.7. The van der Waals surface area contributed by atoms with Crippen molar-refractivity contribution in [3.05, 3.63) is 76.8 Å². The highest BCUT2D eigenvalue weighted by Crippen LogP contribution is 2.14. The fourth-order valence-corrected chi connectivity index (χ4v) is 3.08. The highest BCUT2D eigenvalue weighted by Gasteiger charge is 2.24. The lowest BCUT2D eigenvalue weighted by molar-refractivity contribution is -0.145. The lowest BCUT2D eigenvalue weighted by atomic mass is 9.94. The number of esters is 1. The molecule has 174 valence electrons. The average molecular weight is 471 g/mol. The maximum Gasteiger partial charge on any atom is 0.306 e. The van der Waals surface area contributed by atoms with Gasteiger partial charge in [0.1, 0.15) is 6.61 Å². The van der Waals surface area contributed by atoms with Crippen LogP contribution in [0.5, 0.6) is 0 Å². The largest absolute Gasteiger partial charge is 0.461 e. The van der Waals surface area contributed by atoms with Gasteiger partial charge >= 0.3 is 5.97 Å². The number of ether oxygens (including phenoxy) is 1. The van der Waals surface area contributed by atoms with Gasteiger partial charge in [-0.1, -0.05) is 54.1 Å². The van der Waals surface area contributed by atoms with Gasteiger partial charge in [0.25, 0.3) is 0 Å². The van der Waals surface area contributed by atoms with Crippen molar-refractivity contribution in [3.63, 3.8) is 0 Å². The number of nitrogens with one attached hydrogen (secondary N) is 1. The summed E-state index contributed by atoms with van der Waals surface area (Å²) in [6, 6.07) is 15.3. The molecule has 0 aliphatic carbocycles. The van der Waals surface area contributed by atoms with E-state index >= 15 is 0 Å². The Hall–Kier alpha value is -3.45. The molecule has 3 N–H and O–H groups in total. The van der Waals surface area contributed by atoms with Crippen LogP contribution in [0.1, 0.15) is 37.3 Å². The number of nitrogens with two attached hydrogens (primary N) is 1. The fraction of sp³-hybridized carbons (Fsp3) is 0.280. The summed E-state index contributed by atoms with van der Waals surface area (Å²) in [6.45, 7) is 1.66. The van der Waals surface area contributed by atoms with E-state index in [9.17, 15) is 19.2 Å². The van der Waals surface area contributed by atoms with E-state index in [0.717, 1.165) is 11.1 Å². The molecule has 0 bridgehead atoms. The summed E-state index contributed by atoms with van der Waals surface area (Å²) in [5.74, 6) is -2.80. The second-order valence-electron chi connectivity index (χ2n) is 7.57. The number of hydrogen-bond donors (Lipinski definition) is 2. The van der Waals surface area contributed by atoms with Gasteiger partial charge in [-0.15, -0.1) is 0 Å². The van der Waals surface area contributed by atoms with E-state index in [-0.39, 0.29) is 31.7 Å². The van der Waals surface area contributed by atoms with Crippen LogP contribution in [0.4, 0.5) is 0 Å². The molecule has 1 unspecified atom stereocenters. The quantitative estimate of drug-likeness (QED) is 0.364. The Bertz CT molecular complexity index is 990. The summed E-state index contributed by atoms with van der Waals surface area (Å²) in [6.07, 6.45) is 2.77. The van der Waals surface area contributed by atoms with Crippen LogP contribution in [-0.2, 0) is 30.5 Å². The minimum Gasteiger partial charge on any atom is -0.461 e. The molecule has 0 spiro atoms. The predicted octanol–water partition coefficient (Wildman–Crippen LogP) is 3.44. The molecular weight excluding hydrogens is 444 g/mol. The van der Waals surface area contributed by atoms with E-state index in [1.807, 2.05) is 30.3 Å². The average Bonchev–Trinajstić information content (AvgIpc) is 2.80. The number of rotatable bonds is 12. The van der Waals surface area contributed by atoms with E-state index in [1.54, 1.807) is 30.3 Å². The van der Waals surface area contributed by atoms with Crippen LogP contribution in [0.15, 0.2) is 60.7 Å². The molecule has 2 amide bonds. The molecule has 0 fully saturated rings. The van der Waals surface area contributed by atoms with Crippen LogP contribution in [0.25, 0.3) is 6.08 Å². The molecule has 0 saturated heterocycles. The van der Waals surface area contributed by atoms with Gasteiger partial charge in [0.2, 0.25) is 11.8 Å². The zero-order valence-electron chi connectivity index (χ0n) is 18.3. The molecule has 7 nitrogen and oxygen atoms in total. The predicted molar refractivity (Wildman–Crippen MR) is 126 cm³/mol. The molecule has 0 aromatic heterocycles. The van der Waals surface area contributed by atoms with Gasteiger partial charge in [0, 0.05) is 29.9 Å². The molecule has 0 radical (unpaired) electrons. The van der Waals surface area contributed by atoms with E-state index in [2.05, 4.69) is 5.32 Å². The molecule has 2 aromatic carbocycles. The van der Waals surface area contributed by atoms with Crippen molar-refractivity contribution >= 4 is 41.2 Å². The SMILES string of the molecule is CC(NC(=O)/C=C/c1ccc(Cl)cc1)C(=O)C[C@@H](CCC(=O)OCc1ccccc1)C(N)=O. The number of carbonyl (C=O) groups excluding carboxylic acids is 4. The summed E-state index contributed by atoms with van der Waals surface area (Å²) >= 11 is 5.82. The molecule has 0 heterocycles. The molecule has 2 rings (SSSR count). The Balaban J connectivity index is 1.79. The number of primary amides is 1. The molecule has 33 heavy (non-hydrogen) atoms. The Labute approximate surface area is 197 Å². The van der Waals surface area contributed by atoms with Crippen molar-refractivity contribution in [1.29, 1.82) is 0 Å². The van der Waals surface area contributed by atoms with Gasteiger partial charge in [0.15, 0.2) is 5.78 Å².